The van der Waals surface area contributed by atoms with Gasteiger partial charge in [0.25, 0.3) is 0 Å². The smallest absolute Gasteiger partial charge is 0.693 e. The van der Waals surface area contributed by atoms with Crippen molar-refractivity contribution in [3.05, 3.63) is 0 Å². The zero-order chi connectivity index (χ0) is 10.2. The van der Waals surface area contributed by atoms with E-state index in [-0.39, 0.29) is 57.2 Å². The average molecular weight is 328 g/mol. The molecule has 0 heterocycles. The van der Waals surface area contributed by atoms with E-state index in [0.29, 0.717) is 0 Å². The van der Waals surface area contributed by atoms with Gasteiger partial charge in [-0.1, -0.05) is 0 Å². The molecule has 0 bridgehead atoms. The van der Waals surface area contributed by atoms with Crippen molar-refractivity contribution in [2.45, 2.75) is 0 Å². The van der Waals surface area contributed by atoms with Gasteiger partial charge in [-0.3, -0.25) is 0 Å². The Hall–Kier alpha value is 1.33. The molecule has 90 valence electrons. The van der Waals surface area contributed by atoms with Crippen molar-refractivity contribution in [2.75, 3.05) is 0 Å². The number of hydrogen-bond donors (Lipinski definition) is 0. The van der Waals surface area contributed by atoms with Crippen LogP contribution in [-0.2, 0) is 64.4 Å². The van der Waals surface area contributed by atoms with E-state index >= 15 is 0 Å². The topological polar surface area (TPSA) is 194 Å². The molecule has 0 aromatic carbocycles. The molecular formula is Fe2MgO12. The fourth-order valence-corrected chi connectivity index (χ4v) is 0. The van der Waals surface area contributed by atoms with Gasteiger partial charge >= 0.3 is 57.2 Å². The molecule has 0 aliphatic heterocycles. The maximum Gasteiger partial charge on any atom is 2.00 e. The first-order valence-corrected chi connectivity index (χ1v) is 1.50. The molecule has 0 aliphatic rings. The third kappa shape index (κ3) is 145. The first-order valence-electron chi connectivity index (χ1n) is 1.50. The standard InChI is InChI=1S/2Fe.Mg.3H2O4/c;;;3*1-3-4-2/h;;;3*1-2H/q3*+2;;;/p-6. The van der Waals surface area contributed by atoms with Crippen LogP contribution in [0, 0.1) is 0 Å². The zero-order valence-electron chi connectivity index (χ0n) is 6.31. The molecule has 0 unspecified atom stereocenters. The molecule has 0 N–H and O–H groups in total. The third-order valence-electron chi connectivity index (χ3n) is 0.0833. The summed E-state index contributed by atoms with van der Waals surface area (Å²) in [5.74, 6) is 0. The van der Waals surface area contributed by atoms with Crippen molar-refractivity contribution in [3.63, 3.8) is 0 Å². The summed E-state index contributed by atoms with van der Waals surface area (Å²) in [6, 6.07) is 0. The van der Waals surface area contributed by atoms with Crippen LogP contribution in [0.5, 0.6) is 0 Å². The molecule has 15 heavy (non-hydrogen) atoms. The molecule has 0 saturated carbocycles. The van der Waals surface area contributed by atoms with E-state index in [9.17, 15) is 0 Å². The van der Waals surface area contributed by atoms with Crippen LogP contribution in [0.3, 0.4) is 0 Å². The molecule has 0 radical (unpaired) electrons. The van der Waals surface area contributed by atoms with Crippen LogP contribution in [0.4, 0.5) is 0 Å². The van der Waals surface area contributed by atoms with Gasteiger partial charge in [0.2, 0.25) is 0 Å². The fourth-order valence-electron chi connectivity index (χ4n) is 0. The van der Waals surface area contributed by atoms with Crippen LogP contribution in [0.2, 0.25) is 0 Å². The van der Waals surface area contributed by atoms with E-state index in [1.165, 1.54) is 0 Å². The Morgan fingerprint density at radius 1 is 0.400 bits per heavy atom. The van der Waals surface area contributed by atoms with Crippen LogP contribution in [-0.4, -0.2) is 23.1 Å². The molecule has 0 fully saturated rings. The maximum absolute atomic E-state index is 8.26. The summed E-state index contributed by atoms with van der Waals surface area (Å²) >= 11 is 0. The molecule has 0 atom stereocenters. The Morgan fingerprint density at radius 3 is 0.467 bits per heavy atom. The maximum atomic E-state index is 8.26. The molecule has 0 saturated heterocycles. The van der Waals surface area contributed by atoms with Crippen molar-refractivity contribution in [1.29, 1.82) is 0 Å². The Labute approximate surface area is 119 Å². The van der Waals surface area contributed by atoms with Crippen molar-refractivity contribution >= 4 is 23.1 Å². The molecule has 0 spiro atoms. The average Bonchev–Trinajstić information content (AvgIpc) is 2.18. The molecule has 0 amide bonds. The van der Waals surface area contributed by atoms with Crippen LogP contribution < -0.4 is 31.5 Å². The molecular weight excluding hydrogens is 328 g/mol. The van der Waals surface area contributed by atoms with Crippen molar-refractivity contribution in [2.24, 2.45) is 0 Å². The van der Waals surface area contributed by atoms with Crippen LogP contribution >= 0.6 is 0 Å². The van der Waals surface area contributed by atoms with E-state index in [0.717, 1.165) is 0 Å². The Kier molecular flexibility index (Phi) is 141. The quantitative estimate of drug-likeness (QED) is 0.270. The first-order chi connectivity index (χ1) is 5.74. The second kappa shape index (κ2) is 58.6. The monoisotopic (exact) mass is 328 g/mol. The number of rotatable bonds is 3. The minimum Gasteiger partial charge on any atom is -0.693 e. The van der Waals surface area contributed by atoms with Gasteiger partial charge in [-0.25, -0.2) is 0 Å². The van der Waals surface area contributed by atoms with Crippen LogP contribution in [0.1, 0.15) is 0 Å². The van der Waals surface area contributed by atoms with E-state index < -0.39 is 0 Å². The third-order valence-corrected chi connectivity index (χ3v) is 0.0833. The molecule has 0 aliphatic carbocycles. The second-order valence-corrected chi connectivity index (χ2v) is 0.408. The predicted molar refractivity (Wildman–Crippen MR) is 12.3 cm³/mol. The Balaban J connectivity index is -0.0000000184. The summed E-state index contributed by atoms with van der Waals surface area (Å²) in [5, 5.41) is 63.0. The van der Waals surface area contributed by atoms with Gasteiger partial charge in [0.05, 0.1) is 0 Å². The van der Waals surface area contributed by atoms with Gasteiger partial charge in [-0.2, -0.15) is 0 Å². The van der Waals surface area contributed by atoms with Crippen molar-refractivity contribution in [1.82, 2.24) is 0 Å². The molecule has 12 nitrogen and oxygen atoms in total. The summed E-state index contributed by atoms with van der Waals surface area (Å²) in [5.41, 5.74) is 0. The first kappa shape index (κ1) is 36.0. The van der Waals surface area contributed by atoms with E-state index in [4.69, 9.17) is 31.5 Å². The fraction of sp³-hybridized carbons (Fsp3) is 0. The molecule has 0 aromatic heterocycles. The SMILES string of the molecule is [Fe+2].[Fe+2].[Mg+2].[O-]OO[O-].[O-]OO[O-].[O-]OO[O-]. The van der Waals surface area contributed by atoms with Gasteiger partial charge in [0.1, 0.15) is 0 Å². The summed E-state index contributed by atoms with van der Waals surface area (Å²) in [6.45, 7) is 0. The minimum absolute atomic E-state index is 0. The Bertz CT molecular complexity index is 29.1. The molecule has 0 aromatic rings. The van der Waals surface area contributed by atoms with Gasteiger partial charge in [0, 0.05) is 0 Å². The molecule has 15 heteroatoms. The Morgan fingerprint density at radius 2 is 0.467 bits per heavy atom. The summed E-state index contributed by atoms with van der Waals surface area (Å²) in [7, 11) is 0. The molecule has 0 rings (SSSR count). The largest absolute Gasteiger partial charge is 2.00 e. The van der Waals surface area contributed by atoms with Crippen LogP contribution in [0.15, 0.2) is 0 Å². The number of hydrogen-bond acceptors (Lipinski definition) is 12. The summed E-state index contributed by atoms with van der Waals surface area (Å²) in [6.07, 6.45) is 0. The summed E-state index contributed by atoms with van der Waals surface area (Å²) in [4.78, 5) is 0. The van der Waals surface area contributed by atoms with Crippen molar-refractivity contribution in [3.8, 4) is 0 Å². The predicted octanol–water partition coefficient (Wildman–Crippen LogP) is -7.93. The van der Waals surface area contributed by atoms with E-state index in [2.05, 4.69) is 30.2 Å². The van der Waals surface area contributed by atoms with E-state index in [1.54, 1.807) is 0 Å². The summed E-state index contributed by atoms with van der Waals surface area (Å²) < 4.78 is 0. The normalized spacial score (nSPS) is 6.00. The van der Waals surface area contributed by atoms with Crippen molar-refractivity contribution < 1.29 is 95.9 Å². The second-order valence-electron chi connectivity index (χ2n) is 0.408. The van der Waals surface area contributed by atoms with Crippen LogP contribution in [0.25, 0.3) is 0 Å². The van der Waals surface area contributed by atoms with Gasteiger partial charge in [-0.15, -0.1) is 0 Å². The van der Waals surface area contributed by atoms with Gasteiger partial charge in [0.15, 0.2) is 0 Å². The minimum atomic E-state index is 0. The zero-order valence-corrected chi connectivity index (χ0v) is 9.94. The van der Waals surface area contributed by atoms with Gasteiger partial charge < -0.3 is 61.8 Å². The van der Waals surface area contributed by atoms with E-state index in [1.807, 2.05) is 0 Å². The van der Waals surface area contributed by atoms with Gasteiger partial charge in [-0.05, 0) is 0 Å².